The van der Waals surface area contributed by atoms with E-state index in [0.717, 1.165) is 10.5 Å². The lowest BCUT2D eigenvalue weighted by molar-refractivity contribution is 0.0889. The van der Waals surface area contributed by atoms with Gasteiger partial charge in [0.15, 0.2) is 11.6 Å². The summed E-state index contributed by atoms with van der Waals surface area (Å²) >= 11 is 1.56. The van der Waals surface area contributed by atoms with Gasteiger partial charge in [-0.1, -0.05) is 42.5 Å². The Bertz CT molecular complexity index is 641. The molecule has 0 unspecified atom stereocenters. The van der Waals surface area contributed by atoms with Gasteiger partial charge >= 0.3 is 0 Å². The third-order valence-electron chi connectivity index (χ3n) is 3.43. The molecule has 0 spiro atoms. The summed E-state index contributed by atoms with van der Waals surface area (Å²) in [5.41, 5.74) is 1.92. The summed E-state index contributed by atoms with van der Waals surface area (Å²) in [7, 11) is 0. The van der Waals surface area contributed by atoms with Crippen LogP contribution in [0.5, 0.6) is 0 Å². The maximum Gasteiger partial charge on any atom is 0.178 e. The average Bonchev–Trinajstić information content (AvgIpc) is 2.71. The number of ketones is 2. The summed E-state index contributed by atoms with van der Waals surface area (Å²) in [5, 5.41) is 0. The van der Waals surface area contributed by atoms with Crippen LogP contribution < -0.4 is 0 Å². The lowest BCUT2D eigenvalue weighted by atomic mass is 9.94. The van der Waals surface area contributed by atoms with Crippen molar-refractivity contribution in [1.29, 1.82) is 0 Å². The van der Waals surface area contributed by atoms with Crippen molar-refractivity contribution in [2.75, 3.05) is 6.26 Å². The van der Waals surface area contributed by atoms with Crippen LogP contribution in [0.1, 0.15) is 32.2 Å². The number of fused-ring (bicyclic) bond motifs is 1. The van der Waals surface area contributed by atoms with Gasteiger partial charge in [0.1, 0.15) is 5.92 Å². The SMILES string of the molecule is CSc1ccccc1C1C(=O)c2ccccc2C1=O. The molecule has 0 radical (unpaired) electrons. The van der Waals surface area contributed by atoms with Gasteiger partial charge in [-0.15, -0.1) is 11.8 Å². The van der Waals surface area contributed by atoms with Crippen molar-refractivity contribution >= 4 is 23.3 Å². The molecule has 1 aliphatic carbocycles. The van der Waals surface area contributed by atoms with Gasteiger partial charge in [0.25, 0.3) is 0 Å². The van der Waals surface area contributed by atoms with E-state index in [1.54, 1.807) is 36.0 Å². The summed E-state index contributed by atoms with van der Waals surface area (Å²) in [6.45, 7) is 0. The normalized spacial score (nSPS) is 14.8. The first-order valence-electron chi connectivity index (χ1n) is 6.04. The fourth-order valence-electron chi connectivity index (χ4n) is 2.53. The quantitative estimate of drug-likeness (QED) is 0.617. The Kier molecular flexibility index (Phi) is 2.99. The molecule has 3 heteroatoms. The van der Waals surface area contributed by atoms with E-state index >= 15 is 0 Å². The fraction of sp³-hybridized carbons (Fsp3) is 0.125. The number of carbonyl (C=O) groups excluding carboxylic acids is 2. The first-order chi connectivity index (χ1) is 9.24. The minimum atomic E-state index is -0.666. The molecule has 2 nitrogen and oxygen atoms in total. The van der Waals surface area contributed by atoms with Crippen molar-refractivity contribution in [2.45, 2.75) is 10.8 Å². The summed E-state index contributed by atoms with van der Waals surface area (Å²) in [6.07, 6.45) is 1.95. The smallest absolute Gasteiger partial charge is 0.178 e. The molecular weight excluding hydrogens is 256 g/mol. The van der Waals surface area contributed by atoms with Crippen molar-refractivity contribution in [3.63, 3.8) is 0 Å². The van der Waals surface area contributed by atoms with Crippen molar-refractivity contribution in [1.82, 2.24) is 0 Å². The summed E-state index contributed by atoms with van der Waals surface area (Å²) < 4.78 is 0. The van der Waals surface area contributed by atoms with Crippen LogP contribution in [-0.2, 0) is 0 Å². The molecule has 2 aromatic rings. The molecule has 19 heavy (non-hydrogen) atoms. The van der Waals surface area contributed by atoms with Crippen molar-refractivity contribution < 1.29 is 9.59 Å². The third kappa shape index (κ3) is 1.81. The van der Waals surface area contributed by atoms with Crippen LogP contribution >= 0.6 is 11.8 Å². The van der Waals surface area contributed by atoms with E-state index in [2.05, 4.69) is 0 Å². The van der Waals surface area contributed by atoms with Crippen molar-refractivity contribution in [3.8, 4) is 0 Å². The second kappa shape index (κ2) is 4.67. The van der Waals surface area contributed by atoms with Gasteiger partial charge in [0, 0.05) is 16.0 Å². The predicted molar refractivity (Wildman–Crippen MR) is 76.1 cm³/mol. The molecule has 1 aliphatic rings. The number of rotatable bonds is 2. The Morgan fingerprint density at radius 1 is 0.842 bits per heavy atom. The zero-order valence-corrected chi connectivity index (χ0v) is 11.2. The van der Waals surface area contributed by atoms with E-state index in [0.29, 0.717) is 11.1 Å². The number of benzene rings is 2. The predicted octanol–water partition coefficient (Wildman–Crippen LogP) is 3.57. The van der Waals surface area contributed by atoms with Crippen molar-refractivity contribution in [3.05, 3.63) is 65.2 Å². The number of carbonyl (C=O) groups is 2. The van der Waals surface area contributed by atoms with Crippen LogP contribution in [0.4, 0.5) is 0 Å². The Hall–Kier alpha value is -1.87. The molecule has 0 aromatic heterocycles. The Morgan fingerprint density at radius 2 is 1.37 bits per heavy atom. The third-order valence-corrected chi connectivity index (χ3v) is 4.24. The Balaban J connectivity index is 2.14. The summed E-state index contributed by atoms with van der Waals surface area (Å²) in [6, 6.07) is 14.7. The second-order valence-corrected chi connectivity index (χ2v) is 5.30. The zero-order chi connectivity index (χ0) is 13.4. The molecule has 0 saturated heterocycles. The van der Waals surface area contributed by atoms with E-state index in [1.807, 2.05) is 30.5 Å². The molecule has 0 atom stereocenters. The molecule has 3 rings (SSSR count). The van der Waals surface area contributed by atoms with Crippen LogP contribution in [0.2, 0.25) is 0 Å². The highest BCUT2D eigenvalue weighted by molar-refractivity contribution is 7.98. The molecule has 0 fully saturated rings. The van der Waals surface area contributed by atoms with Crippen LogP contribution in [0.3, 0.4) is 0 Å². The van der Waals surface area contributed by atoms with Crippen LogP contribution in [-0.4, -0.2) is 17.8 Å². The van der Waals surface area contributed by atoms with E-state index < -0.39 is 5.92 Å². The maximum absolute atomic E-state index is 12.4. The van der Waals surface area contributed by atoms with E-state index in [1.165, 1.54) is 0 Å². The van der Waals surface area contributed by atoms with Crippen molar-refractivity contribution in [2.24, 2.45) is 0 Å². The lowest BCUT2D eigenvalue weighted by Crippen LogP contribution is -2.13. The number of hydrogen-bond donors (Lipinski definition) is 0. The summed E-state index contributed by atoms with van der Waals surface area (Å²) in [5.74, 6) is -0.828. The zero-order valence-electron chi connectivity index (χ0n) is 10.4. The van der Waals surface area contributed by atoms with Gasteiger partial charge in [-0.05, 0) is 17.9 Å². The first-order valence-corrected chi connectivity index (χ1v) is 7.27. The van der Waals surface area contributed by atoms with Gasteiger partial charge in [-0.25, -0.2) is 0 Å². The van der Waals surface area contributed by atoms with Crippen LogP contribution in [0, 0.1) is 0 Å². The highest BCUT2D eigenvalue weighted by Crippen LogP contribution is 2.37. The van der Waals surface area contributed by atoms with Gasteiger partial charge in [-0.2, -0.15) is 0 Å². The first kappa shape index (κ1) is 12.2. The largest absolute Gasteiger partial charge is 0.293 e. The molecule has 0 saturated carbocycles. The van der Waals surface area contributed by atoms with Crippen LogP contribution in [0.25, 0.3) is 0 Å². The van der Waals surface area contributed by atoms with E-state index in [4.69, 9.17) is 0 Å². The van der Waals surface area contributed by atoms with E-state index in [-0.39, 0.29) is 11.6 Å². The molecule has 0 amide bonds. The minimum Gasteiger partial charge on any atom is -0.293 e. The van der Waals surface area contributed by atoms with Gasteiger partial charge < -0.3 is 0 Å². The Morgan fingerprint density at radius 3 is 1.95 bits per heavy atom. The highest BCUT2D eigenvalue weighted by Gasteiger charge is 2.40. The average molecular weight is 268 g/mol. The standard InChI is InChI=1S/C16H12O2S/c1-19-13-9-5-4-8-12(13)14-15(17)10-6-2-3-7-11(10)16(14)18/h2-9,14H,1H3. The van der Waals surface area contributed by atoms with Gasteiger partial charge in [0.2, 0.25) is 0 Å². The number of hydrogen-bond acceptors (Lipinski definition) is 3. The number of thioether (sulfide) groups is 1. The molecule has 0 N–H and O–H groups in total. The summed E-state index contributed by atoms with van der Waals surface area (Å²) in [4.78, 5) is 25.9. The molecule has 0 bridgehead atoms. The van der Waals surface area contributed by atoms with Crippen LogP contribution in [0.15, 0.2) is 53.4 Å². The van der Waals surface area contributed by atoms with Gasteiger partial charge in [-0.3, -0.25) is 9.59 Å². The maximum atomic E-state index is 12.4. The lowest BCUT2D eigenvalue weighted by Gasteiger charge is -2.11. The molecule has 2 aromatic carbocycles. The molecule has 94 valence electrons. The Labute approximate surface area is 115 Å². The van der Waals surface area contributed by atoms with E-state index in [9.17, 15) is 9.59 Å². The topological polar surface area (TPSA) is 34.1 Å². The highest BCUT2D eigenvalue weighted by atomic mass is 32.2. The van der Waals surface area contributed by atoms with Gasteiger partial charge in [0.05, 0.1) is 0 Å². The monoisotopic (exact) mass is 268 g/mol. The number of Topliss-reactive ketones (excluding diaryl/α,β-unsaturated/α-hetero) is 2. The molecular formula is C16H12O2S. The molecule has 0 aliphatic heterocycles. The minimum absolute atomic E-state index is 0.0814. The fourth-order valence-corrected chi connectivity index (χ4v) is 3.17. The molecule has 0 heterocycles. The second-order valence-electron chi connectivity index (χ2n) is 4.45.